The summed E-state index contributed by atoms with van der Waals surface area (Å²) in [7, 11) is 0. The number of benzene rings is 1. The number of rotatable bonds is 1. The molecule has 1 fully saturated rings. The predicted molar refractivity (Wildman–Crippen MR) is 64.0 cm³/mol. The molecule has 0 radical (unpaired) electrons. The topological polar surface area (TPSA) is 60.8 Å². The van der Waals surface area contributed by atoms with Gasteiger partial charge in [0.2, 0.25) is 0 Å². The molecule has 4 nitrogen and oxygen atoms in total. The second-order valence-electron chi connectivity index (χ2n) is 4.54. The molecule has 17 heavy (non-hydrogen) atoms. The summed E-state index contributed by atoms with van der Waals surface area (Å²) in [6.45, 7) is 2.96. The van der Waals surface area contributed by atoms with E-state index in [1.54, 1.807) is 17.0 Å². The van der Waals surface area contributed by atoms with Crippen molar-refractivity contribution in [3.8, 4) is 5.75 Å². The molecule has 1 amide bonds. The Morgan fingerprint density at radius 1 is 1.35 bits per heavy atom. The van der Waals surface area contributed by atoms with Crippen molar-refractivity contribution in [3.05, 3.63) is 29.3 Å². The van der Waals surface area contributed by atoms with Crippen LogP contribution in [0.4, 0.5) is 0 Å². The molecule has 0 spiro atoms. The van der Waals surface area contributed by atoms with Gasteiger partial charge >= 0.3 is 0 Å². The van der Waals surface area contributed by atoms with Gasteiger partial charge in [0.05, 0.1) is 11.7 Å². The number of hydrogen-bond acceptors (Lipinski definition) is 3. The summed E-state index contributed by atoms with van der Waals surface area (Å²) in [4.78, 5) is 13.8. The van der Waals surface area contributed by atoms with Crippen molar-refractivity contribution < 1.29 is 15.0 Å². The highest BCUT2D eigenvalue weighted by molar-refractivity contribution is 5.96. The van der Waals surface area contributed by atoms with E-state index in [1.165, 1.54) is 0 Å². The SMILES string of the molecule is Cc1ccc(C(=O)N2CCC(O)CC2)c(O)c1. The molecule has 1 saturated heterocycles. The second kappa shape index (κ2) is 4.75. The fourth-order valence-electron chi connectivity index (χ4n) is 2.06. The number of amides is 1. The first-order chi connectivity index (χ1) is 8.08. The first-order valence-corrected chi connectivity index (χ1v) is 5.85. The largest absolute Gasteiger partial charge is 0.507 e. The van der Waals surface area contributed by atoms with Crippen LogP contribution in [0, 0.1) is 6.92 Å². The Hall–Kier alpha value is -1.55. The van der Waals surface area contributed by atoms with E-state index in [4.69, 9.17) is 0 Å². The van der Waals surface area contributed by atoms with Gasteiger partial charge in [-0.15, -0.1) is 0 Å². The van der Waals surface area contributed by atoms with Gasteiger partial charge in [0, 0.05) is 13.1 Å². The number of likely N-dealkylation sites (tertiary alicyclic amines) is 1. The molecule has 2 N–H and O–H groups in total. The number of aryl methyl sites for hydroxylation is 1. The summed E-state index contributed by atoms with van der Waals surface area (Å²) in [6, 6.07) is 5.05. The molecule has 2 rings (SSSR count). The van der Waals surface area contributed by atoms with Crippen LogP contribution in [0.2, 0.25) is 0 Å². The second-order valence-corrected chi connectivity index (χ2v) is 4.54. The number of hydrogen-bond donors (Lipinski definition) is 2. The number of nitrogens with zero attached hydrogens (tertiary/aromatic N) is 1. The van der Waals surface area contributed by atoms with Crippen molar-refractivity contribution in [1.82, 2.24) is 4.90 Å². The first kappa shape index (κ1) is 11.9. The van der Waals surface area contributed by atoms with Crippen LogP contribution in [-0.4, -0.2) is 40.2 Å². The number of piperidine rings is 1. The number of carbonyl (C=O) groups excluding carboxylic acids is 1. The Bertz CT molecular complexity index is 423. The van der Waals surface area contributed by atoms with Crippen LogP contribution in [-0.2, 0) is 0 Å². The van der Waals surface area contributed by atoms with Crippen molar-refractivity contribution in [3.63, 3.8) is 0 Å². The number of phenolic OH excluding ortho intramolecular Hbond substituents is 1. The first-order valence-electron chi connectivity index (χ1n) is 5.85. The highest BCUT2D eigenvalue weighted by Crippen LogP contribution is 2.22. The van der Waals surface area contributed by atoms with E-state index >= 15 is 0 Å². The Balaban J connectivity index is 2.14. The fraction of sp³-hybridized carbons (Fsp3) is 0.462. The lowest BCUT2D eigenvalue weighted by molar-refractivity contribution is 0.0544. The van der Waals surface area contributed by atoms with Crippen molar-refractivity contribution in [2.75, 3.05) is 13.1 Å². The zero-order valence-electron chi connectivity index (χ0n) is 9.89. The highest BCUT2D eigenvalue weighted by atomic mass is 16.3. The van der Waals surface area contributed by atoms with E-state index in [0.29, 0.717) is 31.5 Å². The third-order valence-electron chi connectivity index (χ3n) is 3.14. The molecule has 0 aliphatic carbocycles. The smallest absolute Gasteiger partial charge is 0.257 e. The van der Waals surface area contributed by atoms with Gasteiger partial charge in [-0.1, -0.05) is 6.07 Å². The molecule has 1 aromatic carbocycles. The van der Waals surface area contributed by atoms with Crippen molar-refractivity contribution in [2.45, 2.75) is 25.9 Å². The van der Waals surface area contributed by atoms with Crippen LogP contribution >= 0.6 is 0 Å². The molecule has 0 unspecified atom stereocenters. The van der Waals surface area contributed by atoms with Crippen LogP contribution in [0.1, 0.15) is 28.8 Å². The fourth-order valence-corrected chi connectivity index (χ4v) is 2.06. The molecule has 0 atom stereocenters. The molecule has 0 bridgehead atoms. The van der Waals surface area contributed by atoms with Gasteiger partial charge in [0.25, 0.3) is 5.91 Å². The predicted octanol–water partition coefficient (Wildman–Crippen LogP) is 1.30. The minimum atomic E-state index is -0.300. The normalized spacial score (nSPS) is 17.2. The van der Waals surface area contributed by atoms with E-state index in [0.717, 1.165) is 5.56 Å². The average Bonchev–Trinajstić information content (AvgIpc) is 2.29. The maximum atomic E-state index is 12.1. The van der Waals surface area contributed by atoms with E-state index in [-0.39, 0.29) is 17.8 Å². The Morgan fingerprint density at radius 2 is 2.00 bits per heavy atom. The van der Waals surface area contributed by atoms with Crippen molar-refractivity contribution in [1.29, 1.82) is 0 Å². The lowest BCUT2D eigenvalue weighted by Crippen LogP contribution is -2.40. The summed E-state index contributed by atoms with van der Waals surface area (Å²) < 4.78 is 0. The lowest BCUT2D eigenvalue weighted by Gasteiger charge is -2.29. The van der Waals surface area contributed by atoms with Crippen LogP contribution in [0.5, 0.6) is 5.75 Å². The summed E-state index contributed by atoms with van der Waals surface area (Å²) in [5.74, 6) is -0.129. The van der Waals surface area contributed by atoms with E-state index < -0.39 is 0 Å². The number of phenols is 1. The molecule has 0 saturated carbocycles. The molecule has 1 aromatic rings. The van der Waals surface area contributed by atoms with E-state index in [2.05, 4.69) is 0 Å². The molecular weight excluding hydrogens is 218 g/mol. The third-order valence-corrected chi connectivity index (χ3v) is 3.14. The van der Waals surface area contributed by atoms with Crippen molar-refractivity contribution in [2.24, 2.45) is 0 Å². The maximum absolute atomic E-state index is 12.1. The van der Waals surface area contributed by atoms with Gasteiger partial charge in [-0.05, 0) is 37.5 Å². The molecule has 0 aromatic heterocycles. The zero-order valence-corrected chi connectivity index (χ0v) is 9.89. The Morgan fingerprint density at radius 3 is 2.59 bits per heavy atom. The molecule has 1 aliphatic heterocycles. The summed E-state index contributed by atoms with van der Waals surface area (Å²) >= 11 is 0. The standard InChI is InChI=1S/C13H17NO3/c1-9-2-3-11(12(16)8-9)13(17)14-6-4-10(15)5-7-14/h2-3,8,10,15-16H,4-7H2,1H3. The molecule has 92 valence electrons. The van der Waals surface area contributed by atoms with Gasteiger partial charge in [-0.2, -0.15) is 0 Å². The minimum absolute atomic E-state index is 0.0288. The number of aromatic hydroxyl groups is 1. The van der Waals surface area contributed by atoms with Crippen LogP contribution < -0.4 is 0 Å². The summed E-state index contributed by atoms with van der Waals surface area (Å²) in [5, 5.41) is 19.1. The Kier molecular flexibility index (Phi) is 3.33. The van der Waals surface area contributed by atoms with Gasteiger partial charge < -0.3 is 15.1 Å². The van der Waals surface area contributed by atoms with Gasteiger partial charge in [-0.3, -0.25) is 4.79 Å². The molecular formula is C13H17NO3. The van der Waals surface area contributed by atoms with Gasteiger partial charge in [0.1, 0.15) is 5.75 Å². The third kappa shape index (κ3) is 2.58. The number of aliphatic hydroxyl groups excluding tert-OH is 1. The molecule has 1 aliphatic rings. The van der Waals surface area contributed by atoms with E-state index in [1.807, 2.05) is 13.0 Å². The summed E-state index contributed by atoms with van der Waals surface area (Å²) in [6.07, 6.45) is 0.919. The maximum Gasteiger partial charge on any atom is 0.257 e. The Labute approximate surface area is 100 Å². The molecule has 4 heteroatoms. The highest BCUT2D eigenvalue weighted by Gasteiger charge is 2.23. The minimum Gasteiger partial charge on any atom is -0.507 e. The lowest BCUT2D eigenvalue weighted by atomic mass is 10.1. The monoisotopic (exact) mass is 235 g/mol. The zero-order chi connectivity index (χ0) is 12.4. The van der Waals surface area contributed by atoms with E-state index in [9.17, 15) is 15.0 Å². The number of carbonyl (C=O) groups is 1. The average molecular weight is 235 g/mol. The van der Waals surface area contributed by atoms with Crippen molar-refractivity contribution >= 4 is 5.91 Å². The van der Waals surface area contributed by atoms with Gasteiger partial charge in [0.15, 0.2) is 0 Å². The quantitative estimate of drug-likeness (QED) is 0.771. The van der Waals surface area contributed by atoms with Gasteiger partial charge in [-0.25, -0.2) is 0 Å². The molecule has 1 heterocycles. The number of aliphatic hydroxyl groups is 1. The van der Waals surface area contributed by atoms with Crippen LogP contribution in [0.15, 0.2) is 18.2 Å². The van der Waals surface area contributed by atoms with Crippen LogP contribution in [0.3, 0.4) is 0 Å². The summed E-state index contributed by atoms with van der Waals surface area (Å²) in [5.41, 5.74) is 1.26. The van der Waals surface area contributed by atoms with Crippen LogP contribution in [0.25, 0.3) is 0 Å².